The van der Waals surface area contributed by atoms with Crippen molar-refractivity contribution >= 4 is 23.6 Å². The van der Waals surface area contributed by atoms with E-state index in [9.17, 15) is 24.3 Å². The van der Waals surface area contributed by atoms with Crippen molar-refractivity contribution in [3.05, 3.63) is 58.5 Å². The largest absolute Gasteiger partial charge is 0.439 e. The zero-order valence-corrected chi connectivity index (χ0v) is 27.0. The molecule has 0 spiro atoms. The predicted molar refractivity (Wildman–Crippen MR) is 166 cm³/mol. The SMILES string of the molecule is CO[C@H]1C[C@@H](C)CC2=C(NCCN(C)C)C(=O)C=C(NC(=O)C(C)=C/C=C/[C@@H](OC)[C@@H](OC(N)=O)C(C)=C[C@@H](C)[C@H]1O)C2=O. The van der Waals surface area contributed by atoms with Crippen LogP contribution in [0.5, 0.6) is 0 Å². The van der Waals surface area contributed by atoms with Crippen LogP contribution >= 0.6 is 0 Å². The van der Waals surface area contributed by atoms with Gasteiger partial charge in [0.1, 0.15) is 6.10 Å². The average molecular weight is 617 g/mol. The van der Waals surface area contributed by atoms with Gasteiger partial charge in [0.05, 0.1) is 23.6 Å². The molecule has 6 atom stereocenters. The summed E-state index contributed by atoms with van der Waals surface area (Å²) in [5, 5.41) is 17.0. The number of nitrogens with zero attached hydrogens (tertiary/aromatic N) is 1. The molecule has 2 aliphatic rings. The molecule has 244 valence electrons. The standard InChI is InChI=1S/C32H48N4O8/c1-18-14-22-27(34-12-13-36(5)6)24(37)17-23(29(22)39)35-31(40)19(2)10-9-11-25(42-7)30(44-32(33)41)21(4)16-20(3)28(38)26(15-18)43-8/h9-11,16-18,20,25-26,28,30,34,38H,12-15H2,1-8H3,(H2,33,41)(H,35,40)/b11-9+,19-10?,21-16?/t18-,20+,25+,26-,28+,30-/m0/s1. The first-order valence-electron chi connectivity index (χ1n) is 14.7. The highest BCUT2D eigenvalue weighted by Gasteiger charge is 2.33. The molecule has 1 aliphatic carbocycles. The van der Waals surface area contributed by atoms with E-state index in [-0.39, 0.29) is 34.9 Å². The van der Waals surface area contributed by atoms with E-state index in [1.165, 1.54) is 20.3 Å². The Bertz CT molecular complexity index is 1230. The number of aliphatic hydroxyl groups is 1. The summed E-state index contributed by atoms with van der Waals surface area (Å²) in [6.07, 6.45) is 3.88. The number of nitrogens with two attached hydrogens (primary N) is 1. The summed E-state index contributed by atoms with van der Waals surface area (Å²) >= 11 is 0. The van der Waals surface area contributed by atoms with E-state index in [4.69, 9.17) is 19.9 Å². The van der Waals surface area contributed by atoms with Crippen LogP contribution in [-0.4, -0.2) is 99.4 Å². The second-order valence-electron chi connectivity index (χ2n) is 11.7. The van der Waals surface area contributed by atoms with Gasteiger partial charge in [-0.3, -0.25) is 14.4 Å². The first kappa shape index (κ1) is 36.6. The maximum Gasteiger partial charge on any atom is 0.405 e. The van der Waals surface area contributed by atoms with Crippen molar-refractivity contribution < 1.29 is 38.5 Å². The molecule has 0 aromatic heterocycles. The van der Waals surface area contributed by atoms with Crippen LogP contribution in [0.15, 0.2) is 58.5 Å². The Kier molecular flexibility index (Phi) is 14.2. The van der Waals surface area contributed by atoms with Crippen molar-refractivity contribution in [3.8, 4) is 0 Å². The van der Waals surface area contributed by atoms with Crippen LogP contribution in [0.2, 0.25) is 0 Å². The van der Waals surface area contributed by atoms with Gasteiger partial charge >= 0.3 is 6.09 Å². The van der Waals surface area contributed by atoms with Crippen molar-refractivity contribution in [1.29, 1.82) is 0 Å². The third-order valence-electron chi connectivity index (χ3n) is 7.65. The molecule has 0 fully saturated rings. The molecule has 0 aromatic carbocycles. The number of carbonyl (C=O) groups excluding carboxylic acids is 4. The van der Waals surface area contributed by atoms with Gasteiger partial charge in [-0.05, 0) is 52.3 Å². The lowest BCUT2D eigenvalue weighted by Crippen LogP contribution is -2.38. The quantitative estimate of drug-likeness (QED) is 0.245. The fourth-order valence-electron chi connectivity index (χ4n) is 5.18. The molecule has 44 heavy (non-hydrogen) atoms. The maximum atomic E-state index is 13.7. The highest BCUT2D eigenvalue weighted by atomic mass is 16.6. The Balaban J connectivity index is 2.60. The van der Waals surface area contributed by atoms with Crippen LogP contribution in [0.3, 0.4) is 0 Å². The highest BCUT2D eigenvalue weighted by molar-refractivity contribution is 6.23. The minimum atomic E-state index is -0.997. The summed E-state index contributed by atoms with van der Waals surface area (Å²) in [7, 11) is 6.74. The highest BCUT2D eigenvalue weighted by Crippen LogP contribution is 2.28. The molecule has 0 saturated carbocycles. The minimum Gasteiger partial charge on any atom is -0.439 e. The van der Waals surface area contributed by atoms with Gasteiger partial charge in [-0.25, -0.2) is 4.79 Å². The normalized spacial score (nSPS) is 28.6. The van der Waals surface area contributed by atoms with Crippen molar-refractivity contribution in [2.45, 2.75) is 65.0 Å². The number of Topliss-reactive ketones (excluding diaryl/α,β-unsaturated/α-hetero) is 1. The Morgan fingerprint density at radius 2 is 1.84 bits per heavy atom. The fourth-order valence-corrected chi connectivity index (χ4v) is 5.18. The van der Waals surface area contributed by atoms with Crippen LogP contribution in [0.1, 0.15) is 40.5 Å². The summed E-state index contributed by atoms with van der Waals surface area (Å²) in [5.74, 6) is -2.06. The number of hydrogen-bond acceptors (Lipinski definition) is 10. The lowest BCUT2D eigenvalue weighted by atomic mass is 9.85. The van der Waals surface area contributed by atoms with E-state index < -0.39 is 53.9 Å². The van der Waals surface area contributed by atoms with E-state index in [2.05, 4.69) is 10.6 Å². The van der Waals surface area contributed by atoms with Crippen LogP contribution in [0.4, 0.5) is 4.79 Å². The van der Waals surface area contributed by atoms with Gasteiger partial charge < -0.3 is 40.6 Å². The Labute approximate surface area is 260 Å². The second kappa shape index (κ2) is 17.0. The van der Waals surface area contributed by atoms with Gasteiger partial charge in [0.25, 0.3) is 5.91 Å². The van der Waals surface area contributed by atoms with E-state index >= 15 is 0 Å². The zero-order valence-electron chi connectivity index (χ0n) is 27.0. The summed E-state index contributed by atoms with van der Waals surface area (Å²) in [5.41, 5.74) is 6.55. The van der Waals surface area contributed by atoms with Crippen molar-refractivity contribution in [1.82, 2.24) is 15.5 Å². The van der Waals surface area contributed by atoms with E-state index in [1.54, 1.807) is 32.1 Å². The van der Waals surface area contributed by atoms with E-state index in [1.807, 2.05) is 32.8 Å². The van der Waals surface area contributed by atoms with Crippen LogP contribution in [0.25, 0.3) is 0 Å². The number of likely N-dealkylation sites (N-methyl/N-ethyl adjacent to an activating group) is 1. The van der Waals surface area contributed by atoms with Crippen LogP contribution in [0, 0.1) is 11.8 Å². The molecule has 1 aliphatic heterocycles. The molecule has 0 saturated heterocycles. The molecule has 1 heterocycles. The van der Waals surface area contributed by atoms with Gasteiger partial charge in [0, 0.05) is 50.4 Å². The molecule has 2 bridgehead atoms. The number of allylic oxidation sites excluding steroid dienone is 4. The number of rotatable bonds is 7. The lowest BCUT2D eigenvalue weighted by Gasteiger charge is -2.30. The van der Waals surface area contributed by atoms with Gasteiger partial charge in [0.15, 0.2) is 6.10 Å². The lowest BCUT2D eigenvalue weighted by molar-refractivity contribution is -0.120. The molecule has 0 radical (unpaired) electrons. The van der Waals surface area contributed by atoms with Crippen molar-refractivity contribution in [2.75, 3.05) is 41.4 Å². The van der Waals surface area contributed by atoms with Crippen molar-refractivity contribution in [2.24, 2.45) is 17.6 Å². The molecule has 12 heteroatoms. The number of ketones is 2. The number of hydrogen-bond donors (Lipinski definition) is 4. The topological polar surface area (TPSA) is 170 Å². The molecule has 2 amide bonds. The molecule has 12 nitrogen and oxygen atoms in total. The van der Waals surface area contributed by atoms with Crippen LogP contribution < -0.4 is 16.4 Å². The first-order chi connectivity index (χ1) is 20.7. The number of ether oxygens (including phenoxy) is 3. The zero-order chi connectivity index (χ0) is 33.1. The minimum absolute atomic E-state index is 0.114. The third-order valence-corrected chi connectivity index (χ3v) is 7.65. The van der Waals surface area contributed by atoms with E-state index in [0.717, 1.165) is 6.08 Å². The Hall–Kier alpha value is -3.58. The number of amides is 2. The molecular formula is C32H48N4O8. The summed E-state index contributed by atoms with van der Waals surface area (Å²) in [6, 6.07) is 0. The monoisotopic (exact) mass is 616 g/mol. The molecule has 2 rings (SSSR count). The van der Waals surface area contributed by atoms with Gasteiger partial charge in [-0.15, -0.1) is 0 Å². The Morgan fingerprint density at radius 1 is 1.16 bits per heavy atom. The number of carbonyl (C=O) groups is 4. The second-order valence-corrected chi connectivity index (χ2v) is 11.7. The number of methoxy groups -OCH3 is 2. The Morgan fingerprint density at radius 3 is 2.43 bits per heavy atom. The van der Waals surface area contributed by atoms with Gasteiger partial charge in [0.2, 0.25) is 11.6 Å². The number of nitrogens with one attached hydrogen (secondary N) is 2. The number of fused-ring (bicyclic) bond motifs is 2. The summed E-state index contributed by atoms with van der Waals surface area (Å²) in [4.78, 5) is 53.7. The molecular weight excluding hydrogens is 568 g/mol. The number of primary amides is 1. The maximum absolute atomic E-state index is 13.7. The van der Waals surface area contributed by atoms with Crippen molar-refractivity contribution in [3.63, 3.8) is 0 Å². The third kappa shape index (κ3) is 10.3. The molecule has 0 unspecified atom stereocenters. The van der Waals surface area contributed by atoms with Gasteiger partial charge in [-0.2, -0.15) is 0 Å². The van der Waals surface area contributed by atoms with Gasteiger partial charge in [-0.1, -0.05) is 38.2 Å². The predicted octanol–water partition coefficient (Wildman–Crippen LogP) is 1.91. The number of aliphatic hydroxyl groups excluding tert-OH is 1. The molecule has 5 N–H and O–H groups in total. The summed E-state index contributed by atoms with van der Waals surface area (Å²) in [6.45, 7) is 8.09. The average Bonchev–Trinajstić information content (AvgIpc) is 2.95. The smallest absolute Gasteiger partial charge is 0.405 e. The van der Waals surface area contributed by atoms with E-state index in [0.29, 0.717) is 25.1 Å². The summed E-state index contributed by atoms with van der Waals surface area (Å²) < 4.78 is 16.6. The van der Waals surface area contributed by atoms with Crippen LogP contribution in [-0.2, 0) is 28.6 Å². The molecule has 0 aromatic rings. The fraction of sp³-hybridized carbons (Fsp3) is 0.562. The first-order valence-corrected chi connectivity index (χ1v) is 14.7.